The van der Waals surface area contributed by atoms with Gasteiger partial charge in [-0.25, -0.2) is 13.1 Å². The molecule has 19 heavy (non-hydrogen) atoms. The minimum Gasteiger partial charge on any atom is -0.394 e. The molecule has 7 heteroatoms. The predicted octanol–water partition coefficient (Wildman–Crippen LogP) is 0.0399. The average Bonchev–Trinajstić information content (AvgIpc) is 2.39. The van der Waals surface area contributed by atoms with Gasteiger partial charge in [0.1, 0.15) is 0 Å². The number of ether oxygens (including phenoxy) is 1. The van der Waals surface area contributed by atoms with Crippen molar-refractivity contribution in [1.29, 1.82) is 5.26 Å². The zero-order valence-electron chi connectivity index (χ0n) is 10.4. The quantitative estimate of drug-likeness (QED) is 0.657. The Morgan fingerprint density at radius 3 is 2.53 bits per heavy atom. The van der Waals surface area contributed by atoms with E-state index in [0.717, 1.165) is 5.56 Å². The Balaban J connectivity index is 2.55. The maximum Gasteiger partial charge on any atom is 0.240 e. The summed E-state index contributed by atoms with van der Waals surface area (Å²) < 4.78 is 31.0. The largest absolute Gasteiger partial charge is 0.394 e. The first-order chi connectivity index (χ1) is 9.10. The van der Waals surface area contributed by atoms with E-state index in [2.05, 4.69) is 4.72 Å². The Hall–Kier alpha value is -1.46. The zero-order chi connectivity index (χ0) is 14.1. The highest BCUT2D eigenvalue weighted by Crippen LogP contribution is 2.10. The summed E-state index contributed by atoms with van der Waals surface area (Å²) in [6.45, 7) is 0.437. The number of sulfonamides is 1. The molecule has 0 spiro atoms. The topological polar surface area (TPSA) is 99.4 Å². The van der Waals surface area contributed by atoms with Crippen molar-refractivity contribution in [2.24, 2.45) is 0 Å². The Morgan fingerprint density at radius 1 is 1.26 bits per heavy atom. The van der Waals surface area contributed by atoms with E-state index < -0.39 is 10.0 Å². The molecule has 0 aliphatic carbocycles. The predicted molar refractivity (Wildman–Crippen MR) is 68.9 cm³/mol. The molecule has 0 saturated heterocycles. The third-order valence-corrected chi connectivity index (χ3v) is 3.77. The lowest BCUT2D eigenvalue weighted by Crippen LogP contribution is -2.27. The Kier molecular flexibility index (Phi) is 6.45. The smallest absolute Gasteiger partial charge is 0.240 e. The second kappa shape index (κ2) is 7.86. The zero-order valence-corrected chi connectivity index (χ0v) is 11.2. The number of nitrogens with one attached hydrogen (secondary N) is 1. The van der Waals surface area contributed by atoms with E-state index in [1.165, 1.54) is 12.1 Å². The number of rotatable bonds is 8. The molecular weight excluding hydrogens is 268 g/mol. The van der Waals surface area contributed by atoms with Gasteiger partial charge in [-0.2, -0.15) is 5.26 Å². The minimum atomic E-state index is -3.55. The second-order valence-corrected chi connectivity index (χ2v) is 5.48. The number of hydrogen-bond acceptors (Lipinski definition) is 5. The highest BCUT2D eigenvalue weighted by atomic mass is 32.2. The van der Waals surface area contributed by atoms with Crippen LogP contribution >= 0.6 is 0 Å². The van der Waals surface area contributed by atoms with E-state index >= 15 is 0 Å². The highest BCUT2D eigenvalue weighted by Gasteiger charge is 2.12. The van der Waals surface area contributed by atoms with Crippen LogP contribution in [0.25, 0.3) is 0 Å². The molecule has 2 N–H and O–H groups in total. The summed E-state index contributed by atoms with van der Waals surface area (Å²) in [5, 5.41) is 17.0. The van der Waals surface area contributed by atoms with Gasteiger partial charge in [0.15, 0.2) is 0 Å². The fourth-order valence-electron chi connectivity index (χ4n) is 1.38. The molecule has 1 aromatic rings. The van der Waals surface area contributed by atoms with E-state index in [4.69, 9.17) is 15.1 Å². The van der Waals surface area contributed by atoms with Gasteiger partial charge < -0.3 is 9.84 Å². The van der Waals surface area contributed by atoms with Crippen molar-refractivity contribution >= 4 is 10.0 Å². The summed E-state index contributed by atoms with van der Waals surface area (Å²) in [7, 11) is -3.55. The monoisotopic (exact) mass is 284 g/mol. The summed E-state index contributed by atoms with van der Waals surface area (Å²) >= 11 is 0. The van der Waals surface area contributed by atoms with Gasteiger partial charge in [-0.05, 0) is 17.7 Å². The summed E-state index contributed by atoms with van der Waals surface area (Å²) in [6.07, 6.45) is 0.253. The van der Waals surface area contributed by atoms with E-state index in [9.17, 15) is 8.42 Å². The second-order valence-electron chi connectivity index (χ2n) is 3.71. The van der Waals surface area contributed by atoms with Gasteiger partial charge >= 0.3 is 0 Å². The van der Waals surface area contributed by atoms with Gasteiger partial charge in [0.05, 0.1) is 37.2 Å². The average molecular weight is 284 g/mol. The summed E-state index contributed by atoms with van der Waals surface area (Å²) in [5.74, 6) is 0. The molecule has 0 aliphatic heterocycles. The highest BCUT2D eigenvalue weighted by molar-refractivity contribution is 7.89. The fraction of sp³-hybridized carbons (Fsp3) is 0.417. The molecule has 0 fully saturated rings. The molecule has 0 saturated carbocycles. The van der Waals surface area contributed by atoms with Crippen molar-refractivity contribution in [2.45, 2.75) is 11.3 Å². The Labute approximate surface area is 112 Å². The molecule has 0 aromatic heterocycles. The number of benzene rings is 1. The summed E-state index contributed by atoms with van der Waals surface area (Å²) in [5.41, 5.74) is 0.771. The van der Waals surface area contributed by atoms with Crippen molar-refractivity contribution in [3.8, 4) is 6.07 Å². The third kappa shape index (κ3) is 5.36. The van der Waals surface area contributed by atoms with Gasteiger partial charge in [0.25, 0.3) is 0 Å². The molecule has 0 radical (unpaired) electrons. The van der Waals surface area contributed by atoms with Crippen LogP contribution in [0.3, 0.4) is 0 Å². The Bertz CT molecular complexity index is 520. The van der Waals surface area contributed by atoms with Crippen LogP contribution in [-0.2, 0) is 21.2 Å². The van der Waals surface area contributed by atoms with E-state index in [1.807, 2.05) is 6.07 Å². The number of hydrogen-bond donors (Lipinski definition) is 2. The minimum absolute atomic E-state index is 0.0902. The summed E-state index contributed by atoms with van der Waals surface area (Å²) in [4.78, 5) is 0.149. The first-order valence-electron chi connectivity index (χ1n) is 5.74. The van der Waals surface area contributed by atoms with Crippen LogP contribution in [0.4, 0.5) is 0 Å². The van der Waals surface area contributed by atoms with Crippen molar-refractivity contribution in [2.75, 3.05) is 26.4 Å². The Morgan fingerprint density at radius 2 is 1.95 bits per heavy atom. The molecule has 0 amide bonds. The van der Waals surface area contributed by atoms with Gasteiger partial charge in [0, 0.05) is 6.54 Å². The van der Waals surface area contributed by atoms with Crippen LogP contribution in [0.2, 0.25) is 0 Å². The summed E-state index contributed by atoms with van der Waals surface area (Å²) in [6, 6.07) is 8.14. The van der Waals surface area contributed by atoms with Gasteiger partial charge in [-0.3, -0.25) is 0 Å². The van der Waals surface area contributed by atoms with Crippen molar-refractivity contribution in [3.63, 3.8) is 0 Å². The molecule has 0 aliphatic rings. The van der Waals surface area contributed by atoms with Gasteiger partial charge in [-0.15, -0.1) is 0 Å². The number of aliphatic hydroxyl groups excluding tert-OH is 1. The number of nitrogens with zero attached hydrogens (tertiary/aromatic N) is 1. The lowest BCUT2D eigenvalue weighted by Gasteiger charge is -2.07. The van der Waals surface area contributed by atoms with Crippen LogP contribution < -0.4 is 4.72 Å². The van der Waals surface area contributed by atoms with Crippen LogP contribution in [0.15, 0.2) is 29.2 Å². The number of nitriles is 1. The van der Waals surface area contributed by atoms with Crippen molar-refractivity contribution < 1.29 is 18.3 Å². The standard InChI is InChI=1S/C12H16N2O4S/c13-6-5-11-1-3-12(4-2-11)19(16,17)14-7-9-18-10-8-15/h1-4,14-15H,5,7-10H2. The molecule has 0 unspecified atom stereocenters. The van der Waals surface area contributed by atoms with Crippen molar-refractivity contribution in [1.82, 2.24) is 4.72 Å². The normalized spacial score (nSPS) is 11.2. The SMILES string of the molecule is N#CCc1ccc(S(=O)(=O)NCCOCCO)cc1. The van der Waals surface area contributed by atoms with Crippen LogP contribution in [-0.4, -0.2) is 39.9 Å². The maximum atomic E-state index is 11.9. The molecule has 0 heterocycles. The van der Waals surface area contributed by atoms with Crippen LogP contribution in [0.5, 0.6) is 0 Å². The fourth-order valence-corrected chi connectivity index (χ4v) is 2.39. The van der Waals surface area contributed by atoms with Crippen LogP contribution in [0, 0.1) is 11.3 Å². The molecule has 6 nitrogen and oxygen atoms in total. The lowest BCUT2D eigenvalue weighted by molar-refractivity contribution is 0.0961. The molecule has 0 bridgehead atoms. The molecular formula is C12H16N2O4S. The molecule has 0 atom stereocenters. The molecule has 104 valence electrons. The first-order valence-corrected chi connectivity index (χ1v) is 7.22. The third-order valence-electron chi connectivity index (χ3n) is 2.29. The van der Waals surface area contributed by atoms with Crippen molar-refractivity contribution in [3.05, 3.63) is 29.8 Å². The van der Waals surface area contributed by atoms with E-state index in [0.29, 0.717) is 0 Å². The van der Waals surface area contributed by atoms with E-state index in [-0.39, 0.29) is 37.7 Å². The van der Waals surface area contributed by atoms with E-state index in [1.54, 1.807) is 12.1 Å². The lowest BCUT2D eigenvalue weighted by atomic mass is 10.2. The van der Waals surface area contributed by atoms with Crippen LogP contribution in [0.1, 0.15) is 5.56 Å². The maximum absolute atomic E-state index is 11.9. The molecule has 1 aromatic carbocycles. The first kappa shape index (κ1) is 15.6. The molecule has 1 rings (SSSR count). The van der Waals surface area contributed by atoms with Gasteiger partial charge in [0.2, 0.25) is 10.0 Å². The number of aliphatic hydroxyl groups is 1. The van der Waals surface area contributed by atoms with Gasteiger partial charge in [-0.1, -0.05) is 12.1 Å².